The molecule has 2 unspecified atom stereocenters. The third kappa shape index (κ3) is 7.97. The van der Waals surface area contributed by atoms with E-state index < -0.39 is 0 Å². The standard InChI is InChI=1S/C42H55N3O2/c1-3-19-41(21-23-44-25-29-46-30-26-44,39-17-9-13-35-11-5-7-15-37(35)39)33-43-34-42(20-4-2,22-24-45-27-31-47-32-28-45)40-18-10-14-36-12-6-8-16-38(36)40/h5-18,33H,3-4,19-32,34H2,1-2H3. The molecule has 2 aliphatic rings. The van der Waals surface area contributed by atoms with Crippen LogP contribution < -0.4 is 0 Å². The Bertz CT molecular complexity index is 1580. The zero-order valence-electron chi connectivity index (χ0n) is 28.8. The first-order chi connectivity index (χ1) is 23.2. The molecular formula is C42H55N3O2. The van der Waals surface area contributed by atoms with E-state index in [1.807, 2.05) is 0 Å². The molecule has 2 saturated heterocycles. The van der Waals surface area contributed by atoms with Crippen LogP contribution in [0, 0.1) is 0 Å². The number of nitrogens with zero attached hydrogens (tertiary/aromatic N) is 3. The van der Waals surface area contributed by atoms with Gasteiger partial charge in [0.25, 0.3) is 0 Å². The lowest BCUT2D eigenvalue weighted by Gasteiger charge is -2.38. The average Bonchev–Trinajstić information content (AvgIpc) is 3.13. The van der Waals surface area contributed by atoms with Gasteiger partial charge >= 0.3 is 0 Å². The molecule has 0 bridgehead atoms. The summed E-state index contributed by atoms with van der Waals surface area (Å²) in [5.74, 6) is 0. The van der Waals surface area contributed by atoms with E-state index in [0.717, 1.165) is 111 Å². The van der Waals surface area contributed by atoms with E-state index >= 15 is 0 Å². The van der Waals surface area contributed by atoms with Crippen LogP contribution in [0.25, 0.3) is 21.5 Å². The Hall–Kier alpha value is -3.09. The Morgan fingerprint density at radius 3 is 1.70 bits per heavy atom. The van der Waals surface area contributed by atoms with Gasteiger partial charge in [-0.3, -0.25) is 14.8 Å². The molecule has 4 aromatic rings. The number of fused-ring (bicyclic) bond motifs is 2. The van der Waals surface area contributed by atoms with Crippen molar-refractivity contribution in [2.24, 2.45) is 4.99 Å². The smallest absolute Gasteiger partial charge is 0.0594 e. The number of rotatable bonds is 15. The van der Waals surface area contributed by atoms with Crippen molar-refractivity contribution in [3.05, 3.63) is 96.1 Å². The molecule has 2 fully saturated rings. The van der Waals surface area contributed by atoms with Crippen molar-refractivity contribution in [3.63, 3.8) is 0 Å². The summed E-state index contributed by atoms with van der Waals surface area (Å²) in [5, 5.41) is 5.37. The van der Waals surface area contributed by atoms with Crippen LogP contribution in [0.3, 0.4) is 0 Å². The molecule has 6 rings (SSSR count). The minimum absolute atomic E-state index is 0.0503. The fourth-order valence-corrected chi connectivity index (χ4v) is 8.28. The maximum absolute atomic E-state index is 5.71. The third-order valence-electron chi connectivity index (χ3n) is 10.8. The van der Waals surface area contributed by atoms with Crippen molar-refractivity contribution >= 4 is 27.8 Å². The predicted octanol–water partition coefficient (Wildman–Crippen LogP) is 8.28. The van der Waals surface area contributed by atoms with Gasteiger partial charge < -0.3 is 9.47 Å². The third-order valence-corrected chi connectivity index (χ3v) is 10.8. The van der Waals surface area contributed by atoms with Gasteiger partial charge in [-0.1, -0.05) is 112 Å². The Morgan fingerprint density at radius 2 is 1.11 bits per heavy atom. The van der Waals surface area contributed by atoms with Gasteiger partial charge in [0.2, 0.25) is 0 Å². The number of aliphatic imine (C=N–C) groups is 1. The van der Waals surface area contributed by atoms with Gasteiger partial charge in [0.05, 0.1) is 26.4 Å². The first kappa shape index (κ1) is 33.8. The van der Waals surface area contributed by atoms with E-state index in [9.17, 15) is 0 Å². The van der Waals surface area contributed by atoms with Gasteiger partial charge in [0, 0.05) is 49.8 Å². The van der Waals surface area contributed by atoms with E-state index in [1.165, 1.54) is 32.7 Å². The highest BCUT2D eigenvalue weighted by molar-refractivity contribution is 5.91. The Morgan fingerprint density at radius 1 is 0.596 bits per heavy atom. The van der Waals surface area contributed by atoms with Crippen LogP contribution in [0.4, 0.5) is 0 Å². The summed E-state index contributed by atoms with van der Waals surface area (Å²) >= 11 is 0. The normalized spacial score (nSPS) is 19.3. The average molecular weight is 634 g/mol. The fraction of sp³-hybridized carbons (Fsp3) is 0.500. The zero-order chi connectivity index (χ0) is 32.4. The van der Waals surface area contributed by atoms with Crippen molar-refractivity contribution in [2.75, 3.05) is 72.2 Å². The first-order valence-electron chi connectivity index (χ1n) is 18.2. The van der Waals surface area contributed by atoms with E-state index in [4.69, 9.17) is 14.5 Å². The summed E-state index contributed by atoms with van der Waals surface area (Å²) in [6.45, 7) is 15.0. The number of morpholine rings is 2. The number of benzene rings is 4. The molecule has 5 nitrogen and oxygen atoms in total. The minimum Gasteiger partial charge on any atom is -0.379 e. The molecule has 5 heteroatoms. The van der Waals surface area contributed by atoms with Gasteiger partial charge in [-0.05, 0) is 71.4 Å². The van der Waals surface area contributed by atoms with Crippen LogP contribution in [0.2, 0.25) is 0 Å². The Balaban J connectivity index is 1.41. The summed E-state index contributed by atoms with van der Waals surface area (Å²) in [4.78, 5) is 10.8. The van der Waals surface area contributed by atoms with Crippen molar-refractivity contribution in [2.45, 2.75) is 63.2 Å². The summed E-state index contributed by atoms with van der Waals surface area (Å²) in [7, 11) is 0. The van der Waals surface area contributed by atoms with E-state index in [-0.39, 0.29) is 10.8 Å². The molecule has 0 amide bonds. The van der Waals surface area contributed by atoms with Crippen LogP contribution in [-0.4, -0.2) is 88.3 Å². The number of hydrogen-bond donors (Lipinski definition) is 0. The van der Waals surface area contributed by atoms with Gasteiger partial charge in [0.1, 0.15) is 0 Å². The molecule has 250 valence electrons. The van der Waals surface area contributed by atoms with Gasteiger partial charge in [0.15, 0.2) is 0 Å². The molecule has 2 aliphatic heterocycles. The first-order valence-corrected chi connectivity index (χ1v) is 18.2. The SMILES string of the molecule is CCCC(C=NCC(CCC)(CCN1CCOCC1)c1cccc2ccccc12)(CCN1CCOCC1)c1cccc2ccccc12. The molecule has 2 atom stereocenters. The van der Waals surface area contributed by atoms with Gasteiger partial charge in [-0.25, -0.2) is 0 Å². The van der Waals surface area contributed by atoms with Crippen LogP contribution >= 0.6 is 0 Å². The highest BCUT2D eigenvalue weighted by Gasteiger charge is 2.36. The second kappa shape index (κ2) is 16.3. The highest BCUT2D eigenvalue weighted by atomic mass is 16.5. The molecule has 0 spiro atoms. The molecule has 0 aliphatic carbocycles. The molecule has 0 saturated carbocycles. The molecule has 0 N–H and O–H groups in total. The van der Waals surface area contributed by atoms with Crippen molar-refractivity contribution < 1.29 is 9.47 Å². The van der Waals surface area contributed by atoms with Crippen molar-refractivity contribution in [1.29, 1.82) is 0 Å². The van der Waals surface area contributed by atoms with E-state index in [1.54, 1.807) is 0 Å². The number of ether oxygens (including phenoxy) is 2. The maximum Gasteiger partial charge on any atom is 0.0594 e. The van der Waals surface area contributed by atoms with Crippen molar-refractivity contribution in [3.8, 4) is 0 Å². The lowest BCUT2D eigenvalue weighted by Crippen LogP contribution is -2.42. The monoisotopic (exact) mass is 633 g/mol. The summed E-state index contributed by atoms with van der Waals surface area (Å²) < 4.78 is 11.4. The second-order valence-corrected chi connectivity index (χ2v) is 13.9. The van der Waals surface area contributed by atoms with Crippen molar-refractivity contribution in [1.82, 2.24) is 9.80 Å². The lowest BCUT2D eigenvalue weighted by atomic mass is 9.71. The molecular weight excluding hydrogens is 578 g/mol. The maximum atomic E-state index is 5.71. The summed E-state index contributed by atoms with van der Waals surface area (Å²) in [6, 6.07) is 31.7. The molecule has 2 heterocycles. The molecule has 47 heavy (non-hydrogen) atoms. The molecule has 0 radical (unpaired) electrons. The van der Waals surface area contributed by atoms with Crippen LogP contribution in [0.5, 0.6) is 0 Å². The predicted molar refractivity (Wildman–Crippen MR) is 198 cm³/mol. The Kier molecular flexibility index (Phi) is 11.8. The van der Waals surface area contributed by atoms with E-state index in [0.29, 0.717) is 0 Å². The second-order valence-electron chi connectivity index (χ2n) is 13.9. The minimum atomic E-state index is -0.144. The summed E-state index contributed by atoms with van der Waals surface area (Å²) in [6.07, 6.45) is 9.00. The van der Waals surface area contributed by atoms with E-state index in [2.05, 4.69) is 115 Å². The largest absolute Gasteiger partial charge is 0.379 e. The quantitative estimate of drug-likeness (QED) is 0.124. The highest BCUT2D eigenvalue weighted by Crippen LogP contribution is 2.40. The zero-order valence-corrected chi connectivity index (χ0v) is 28.8. The van der Waals surface area contributed by atoms with Gasteiger partial charge in [-0.2, -0.15) is 0 Å². The lowest BCUT2D eigenvalue weighted by molar-refractivity contribution is 0.0342. The Labute approximate surface area is 283 Å². The fourth-order valence-electron chi connectivity index (χ4n) is 8.28. The molecule has 0 aromatic heterocycles. The topological polar surface area (TPSA) is 37.3 Å². The number of hydrogen-bond acceptors (Lipinski definition) is 5. The molecule has 4 aromatic carbocycles. The van der Waals surface area contributed by atoms with Crippen LogP contribution in [0.1, 0.15) is 63.5 Å². The van der Waals surface area contributed by atoms with Crippen LogP contribution in [0.15, 0.2) is 89.9 Å². The summed E-state index contributed by atoms with van der Waals surface area (Å²) in [5.41, 5.74) is 2.69. The van der Waals surface area contributed by atoms with Gasteiger partial charge in [-0.15, -0.1) is 0 Å². The van der Waals surface area contributed by atoms with Crippen LogP contribution in [-0.2, 0) is 20.3 Å².